The summed E-state index contributed by atoms with van der Waals surface area (Å²) < 4.78 is 5.36. The number of aliphatic hydroxyl groups excluding tert-OH is 1. The molecule has 152 valence electrons. The van der Waals surface area contributed by atoms with Crippen molar-refractivity contribution in [1.82, 2.24) is 5.32 Å². The molecule has 1 saturated carbocycles. The fourth-order valence-electron chi connectivity index (χ4n) is 4.11. The van der Waals surface area contributed by atoms with E-state index in [0.717, 1.165) is 18.4 Å². The summed E-state index contributed by atoms with van der Waals surface area (Å²) in [5.41, 5.74) is 6.09. The van der Waals surface area contributed by atoms with Crippen molar-refractivity contribution in [3.05, 3.63) is 35.9 Å². The predicted molar refractivity (Wildman–Crippen MR) is 108 cm³/mol. The second kappa shape index (κ2) is 9.07. The van der Waals surface area contributed by atoms with Gasteiger partial charge in [-0.15, -0.1) is 0 Å². The summed E-state index contributed by atoms with van der Waals surface area (Å²) in [4.78, 5) is 11.5. The fourth-order valence-corrected chi connectivity index (χ4v) is 4.11. The number of rotatable bonds is 7. The minimum atomic E-state index is -0.864. The lowest BCUT2D eigenvalue weighted by Crippen LogP contribution is -2.61. The molecule has 0 bridgehead atoms. The maximum absolute atomic E-state index is 11.5. The van der Waals surface area contributed by atoms with E-state index in [1.165, 1.54) is 19.3 Å². The lowest BCUT2D eigenvalue weighted by Gasteiger charge is -2.45. The van der Waals surface area contributed by atoms with Crippen LogP contribution in [0.2, 0.25) is 0 Å². The first-order chi connectivity index (χ1) is 12.6. The molecule has 3 atom stereocenters. The minimum Gasteiger partial charge on any atom is -0.443 e. The van der Waals surface area contributed by atoms with Gasteiger partial charge in [0, 0.05) is 18.0 Å². The average Bonchev–Trinajstić information content (AvgIpc) is 2.59. The molecule has 1 amide bonds. The summed E-state index contributed by atoms with van der Waals surface area (Å²) >= 11 is 0. The van der Waals surface area contributed by atoms with Crippen LogP contribution >= 0.6 is 0 Å². The molecule has 4 N–H and O–H groups in total. The Kier molecular flexibility index (Phi) is 7.29. The number of primary amides is 1. The number of aliphatic hydroxyl groups is 1. The molecule has 0 saturated heterocycles. The fraction of sp³-hybridized carbons (Fsp3) is 0.682. The summed E-state index contributed by atoms with van der Waals surface area (Å²) in [6.45, 7) is 8.54. The van der Waals surface area contributed by atoms with Crippen LogP contribution < -0.4 is 11.1 Å². The molecule has 1 aliphatic carbocycles. The van der Waals surface area contributed by atoms with Gasteiger partial charge in [-0.3, -0.25) is 0 Å². The highest BCUT2D eigenvalue weighted by Gasteiger charge is 2.41. The lowest BCUT2D eigenvalue weighted by atomic mass is 9.76. The summed E-state index contributed by atoms with van der Waals surface area (Å²) in [7, 11) is 0. The van der Waals surface area contributed by atoms with Gasteiger partial charge in [-0.25, -0.2) is 4.79 Å². The van der Waals surface area contributed by atoms with E-state index < -0.39 is 18.3 Å². The number of carbonyl (C=O) groups is 1. The first-order valence-electron chi connectivity index (χ1n) is 10.1. The van der Waals surface area contributed by atoms with Gasteiger partial charge in [0.1, 0.15) is 12.2 Å². The van der Waals surface area contributed by atoms with Crippen LogP contribution in [-0.2, 0) is 11.2 Å². The summed E-state index contributed by atoms with van der Waals surface area (Å²) in [5, 5.41) is 15.0. The van der Waals surface area contributed by atoms with Crippen molar-refractivity contribution in [2.45, 2.75) is 90.0 Å². The topological polar surface area (TPSA) is 84.6 Å². The van der Waals surface area contributed by atoms with E-state index in [-0.39, 0.29) is 17.0 Å². The number of hydrogen-bond donors (Lipinski definition) is 3. The number of carbonyl (C=O) groups excluding carboxylic acids is 1. The zero-order chi connectivity index (χ0) is 20.1. The van der Waals surface area contributed by atoms with Gasteiger partial charge >= 0.3 is 6.09 Å². The summed E-state index contributed by atoms with van der Waals surface area (Å²) in [6.07, 6.45) is 3.84. The van der Waals surface area contributed by atoms with Crippen LogP contribution in [0.3, 0.4) is 0 Å². The molecule has 5 heteroatoms. The SMILES string of the molecule is CC1(NC([C@H](O)[C@H](Cc2ccccc2)OC(N)=O)C(C)(C)C)CCCCC1. The molecule has 1 aromatic rings. The van der Waals surface area contributed by atoms with Crippen molar-refractivity contribution in [3.8, 4) is 0 Å². The van der Waals surface area contributed by atoms with E-state index in [2.05, 4.69) is 33.0 Å². The van der Waals surface area contributed by atoms with Crippen LogP contribution in [0.4, 0.5) is 4.79 Å². The van der Waals surface area contributed by atoms with Crippen LogP contribution in [0, 0.1) is 5.41 Å². The molecule has 1 fully saturated rings. The molecule has 0 radical (unpaired) electrons. The van der Waals surface area contributed by atoms with E-state index in [0.29, 0.717) is 6.42 Å². The minimum absolute atomic E-state index is 0.0127. The molecule has 0 aromatic heterocycles. The van der Waals surface area contributed by atoms with Gasteiger partial charge in [0.2, 0.25) is 0 Å². The van der Waals surface area contributed by atoms with Gasteiger partial charge in [0.15, 0.2) is 0 Å². The zero-order valence-corrected chi connectivity index (χ0v) is 17.2. The lowest BCUT2D eigenvalue weighted by molar-refractivity contribution is -0.0446. The Morgan fingerprint density at radius 1 is 1.22 bits per heavy atom. The third-order valence-corrected chi connectivity index (χ3v) is 5.66. The van der Waals surface area contributed by atoms with Crippen LogP contribution in [0.1, 0.15) is 65.4 Å². The number of nitrogens with two attached hydrogens (primary N) is 1. The van der Waals surface area contributed by atoms with Crippen LogP contribution in [0.25, 0.3) is 0 Å². The van der Waals surface area contributed by atoms with Crippen molar-refractivity contribution in [2.24, 2.45) is 11.1 Å². The second-order valence-electron chi connectivity index (χ2n) is 9.27. The molecular formula is C22H36N2O3. The Hall–Kier alpha value is -1.59. The van der Waals surface area contributed by atoms with E-state index in [4.69, 9.17) is 10.5 Å². The third kappa shape index (κ3) is 6.51. The molecule has 27 heavy (non-hydrogen) atoms. The van der Waals surface area contributed by atoms with E-state index >= 15 is 0 Å². The summed E-state index contributed by atoms with van der Waals surface area (Å²) in [5.74, 6) is 0. The van der Waals surface area contributed by atoms with Crippen LogP contribution in [0.5, 0.6) is 0 Å². The standard InChI is InChI=1S/C22H36N2O3/c1-21(2,3)19(24-22(4)13-9-6-10-14-22)18(25)17(27-20(23)26)15-16-11-7-5-8-12-16/h5,7-8,11-12,17-19,24-25H,6,9-10,13-15H2,1-4H3,(H2,23,26)/t17-,18+,19?/m0/s1. The molecule has 2 rings (SSSR count). The van der Waals surface area contributed by atoms with Crippen LogP contribution in [0.15, 0.2) is 30.3 Å². The van der Waals surface area contributed by atoms with Crippen LogP contribution in [-0.4, -0.2) is 35.0 Å². The van der Waals surface area contributed by atoms with E-state index in [1.807, 2.05) is 30.3 Å². The van der Waals surface area contributed by atoms with E-state index in [9.17, 15) is 9.90 Å². The second-order valence-corrected chi connectivity index (χ2v) is 9.27. The van der Waals surface area contributed by atoms with Crippen molar-refractivity contribution < 1.29 is 14.6 Å². The Labute approximate surface area is 163 Å². The Bertz CT molecular complexity index is 591. The van der Waals surface area contributed by atoms with Crippen molar-refractivity contribution in [2.75, 3.05) is 0 Å². The van der Waals surface area contributed by atoms with Gasteiger partial charge in [0.25, 0.3) is 0 Å². The normalized spacial score (nSPS) is 20.5. The maximum Gasteiger partial charge on any atom is 0.404 e. The largest absolute Gasteiger partial charge is 0.443 e. The van der Waals surface area contributed by atoms with Gasteiger partial charge in [0.05, 0.1) is 0 Å². The first-order valence-corrected chi connectivity index (χ1v) is 10.1. The number of nitrogens with one attached hydrogen (secondary N) is 1. The highest BCUT2D eigenvalue weighted by molar-refractivity contribution is 5.64. The van der Waals surface area contributed by atoms with Gasteiger partial charge < -0.3 is 20.9 Å². The molecule has 0 aliphatic heterocycles. The van der Waals surface area contributed by atoms with Gasteiger partial charge in [-0.1, -0.05) is 70.4 Å². The molecule has 1 unspecified atom stereocenters. The molecule has 0 heterocycles. The Morgan fingerprint density at radius 2 is 1.81 bits per heavy atom. The molecule has 5 nitrogen and oxygen atoms in total. The number of hydrogen-bond acceptors (Lipinski definition) is 4. The predicted octanol–water partition coefficient (Wildman–Crippen LogP) is 3.78. The smallest absolute Gasteiger partial charge is 0.404 e. The molecular weight excluding hydrogens is 340 g/mol. The van der Waals surface area contributed by atoms with Crippen molar-refractivity contribution >= 4 is 6.09 Å². The maximum atomic E-state index is 11.5. The number of benzene rings is 1. The van der Waals surface area contributed by atoms with E-state index in [1.54, 1.807) is 0 Å². The third-order valence-electron chi connectivity index (χ3n) is 5.66. The number of amides is 1. The first kappa shape index (κ1) is 21.7. The van der Waals surface area contributed by atoms with Gasteiger partial charge in [-0.2, -0.15) is 0 Å². The quantitative estimate of drug-likeness (QED) is 0.676. The van der Waals surface area contributed by atoms with Crippen molar-refractivity contribution in [3.63, 3.8) is 0 Å². The Morgan fingerprint density at radius 3 is 2.33 bits per heavy atom. The van der Waals surface area contributed by atoms with Crippen molar-refractivity contribution in [1.29, 1.82) is 0 Å². The Balaban J connectivity index is 2.22. The molecule has 1 aromatic carbocycles. The molecule has 0 spiro atoms. The highest BCUT2D eigenvalue weighted by Crippen LogP contribution is 2.33. The zero-order valence-electron chi connectivity index (χ0n) is 17.2. The monoisotopic (exact) mass is 376 g/mol. The number of ether oxygens (including phenoxy) is 1. The highest BCUT2D eigenvalue weighted by atomic mass is 16.6. The molecule has 1 aliphatic rings. The van der Waals surface area contributed by atoms with Gasteiger partial charge in [-0.05, 0) is 30.7 Å². The summed E-state index contributed by atoms with van der Waals surface area (Å²) in [6, 6.07) is 9.51. The average molecular weight is 377 g/mol.